The van der Waals surface area contributed by atoms with Gasteiger partial charge in [-0.05, 0) is 37.6 Å². The van der Waals surface area contributed by atoms with Crippen LogP contribution >= 0.6 is 11.3 Å². The molecule has 0 saturated carbocycles. The summed E-state index contributed by atoms with van der Waals surface area (Å²) in [6.07, 6.45) is 1.79. The van der Waals surface area contributed by atoms with Gasteiger partial charge in [-0.2, -0.15) is 0 Å². The summed E-state index contributed by atoms with van der Waals surface area (Å²) in [5.74, 6) is 0.0352. The largest absolute Gasteiger partial charge is 0.508 e. The molecule has 0 aliphatic rings. The van der Waals surface area contributed by atoms with Crippen molar-refractivity contribution in [1.29, 1.82) is 0 Å². The minimum Gasteiger partial charge on any atom is -0.508 e. The van der Waals surface area contributed by atoms with Gasteiger partial charge < -0.3 is 10.4 Å². The number of nitrogens with one attached hydrogen (secondary N) is 1. The Kier molecular flexibility index (Phi) is 3.62. The van der Waals surface area contributed by atoms with Crippen molar-refractivity contribution >= 4 is 17.2 Å². The molecule has 1 heterocycles. The molecule has 5 heteroatoms. The molecule has 94 valence electrons. The Morgan fingerprint density at radius 2 is 2.22 bits per heavy atom. The second-order valence-corrected chi connectivity index (χ2v) is 5.37. The molecule has 0 aliphatic carbocycles. The minimum atomic E-state index is -0.161. The van der Waals surface area contributed by atoms with E-state index in [9.17, 15) is 9.90 Å². The van der Waals surface area contributed by atoms with Gasteiger partial charge in [0.1, 0.15) is 10.8 Å². The maximum Gasteiger partial charge on any atom is 0.251 e. The number of phenols is 1. The fraction of sp³-hybridized carbons (Fsp3) is 0.231. The van der Waals surface area contributed by atoms with Crippen LogP contribution in [0.25, 0.3) is 0 Å². The summed E-state index contributed by atoms with van der Waals surface area (Å²) in [6, 6.07) is 4.79. The van der Waals surface area contributed by atoms with Crippen molar-refractivity contribution in [2.75, 3.05) is 0 Å². The van der Waals surface area contributed by atoms with Crippen LogP contribution in [0.1, 0.15) is 25.8 Å². The van der Waals surface area contributed by atoms with E-state index in [0.717, 1.165) is 9.88 Å². The SMILES string of the molecule is Cc1cnc(CNC(=O)c2ccc(O)c(C)c2)s1. The molecular formula is C13H14N2O2S. The second kappa shape index (κ2) is 5.18. The van der Waals surface area contributed by atoms with E-state index < -0.39 is 0 Å². The molecule has 0 atom stereocenters. The molecule has 1 amide bonds. The third kappa shape index (κ3) is 2.87. The summed E-state index contributed by atoms with van der Waals surface area (Å²) >= 11 is 1.56. The van der Waals surface area contributed by atoms with Crippen LogP contribution in [0.3, 0.4) is 0 Å². The fourth-order valence-electron chi connectivity index (χ4n) is 1.54. The van der Waals surface area contributed by atoms with Crippen molar-refractivity contribution in [3.05, 3.63) is 45.4 Å². The van der Waals surface area contributed by atoms with Crippen molar-refractivity contribution in [2.45, 2.75) is 20.4 Å². The van der Waals surface area contributed by atoms with Gasteiger partial charge >= 0.3 is 0 Å². The molecular weight excluding hydrogens is 248 g/mol. The zero-order valence-corrected chi connectivity index (χ0v) is 11.0. The third-order valence-corrected chi connectivity index (χ3v) is 3.44. The number of rotatable bonds is 3. The van der Waals surface area contributed by atoms with Crippen molar-refractivity contribution in [3.63, 3.8) is 0 Å². The number of aryl methyl sites for hydroxylation is 2. The number of amides is 1. The van der Waals surface area contributed by atoms with Gasteiger partial charge in [0.2, 0.25) is 0 Å². The Labute approximate surface area is 109 Å². The highest BCUT2D eigenvalue weighted by molar-refractivity contribution is 7.11. The first-order valence-corrected chi connectivity index (χ1v) is 6.37. The van der Waals surface area contributed by atoms with Gasteiger partial charge in [-0.15, -0.1) is 11.3 Å². The Hall–Kier alpha value is -1.88. The van der Waals surface area contributed by atoms with E-state index in [0.29, 0.717) is 17.7 Å². The van der Waals surface area contributed by atoms with Gasteiger partial charge in [-0.25, -0.2) is 4.98 Å². The topological polar surface area (TPSA) is 62.2 Å². The molecule has 2 rings (SSSR count). The van der Waals surface area contributed by atoms with Gasteiger partial charge in [0.15, 0.2) is 0 Å². The van der Waals surface area contributed by atoms with Crippen LogP contribution in [-0.4, -0.2) is 16.0 Å². The Balaban J connectivity index is 2.01. The second-order valence-electron chi connectivity index (χ2n) is 4.05. The lowest BCUT2D eigenvalue weighted by molar-refractivity contribution is 0.0951. The Morgan fingerprint density at radius 3 is 2.83 bits per heavy atom. The number of thiazole rings is 1. The first-order valence-electron chi connectivity index (χ1n) is 5.55. The van der Waals surface area contributed by atoms with Crippen molar-refractivity contribution in [2.24, 2.45) is 0 Å². The first kappa shape index (κ1) is 12.6. The molecule has 1 aromatic carbocycles. The summed E-state index contributed by atoms with van der Waals surface area (Å²) in [5.41, 5.74) is 1.23. The van der Waals surface area contributed by atoms with E-state index >= 15 is 0 Å². The minimum absolute atomic E-state index is 0.161. The lowest BCUT2D eigenvalue weighted by Gasteiger charge is -2.05. The summed E-state index contributed by atoms with van der Waals surface area (Å²) in [6.45, 7) is 4.17. The van der Waals surface area contributed by atoms with Crippen LogP contribution < -0.4 is 5.32 Å². The molecule has 0 fully saturated rings. The molecule has 2 aromatic rings. The van der Waals surface area contributed by atoms with Crippen LogP contribution in [-0.2, 0) is 6.54 Å². The molecule has 0 spiro atoms. The lowest BCUT2D eigenvalue weighted by atomic mass is 10.1. The normalized spacial score (nSPS) is 10.3. The summed E-state index contributed by atoms with van der Waals surface area (Å²) in [7, 11) is 0. The van der Waals surface area contributed by atoms with Crippen LogP contribution in [0.4, 0.5) is 0 Å². The third-order valence-electron chi connectivity index (χ3n) is 2.53. The summed E-state index contributed by atoms with van der Waals surface area (Å²) < 4.78 is 0. The molecule has 0 radical (unpaired) electrons. The molecule has 0 saturated heterocycles. The van der Waals surface area contributed by atoms with Crippen LogP contribution in [0.5, 0.6) is 5.75 Å². The standard InChI is InChI=1S/C13H14N2O2S/c1-8-5-10(3-4-11(8)16)13(17)15-7-12-14-6-9(2)18-12/h3-6,16H,7H2,1-2H3,(H,15,17). The molecule has 0 bridgehead atoms. The average Bonchev–Trinajstić information content (AvgIpc) is 2.75. The summed E-state index contributed by atoms with van der Waals surface area (Å²) in [4.78, 5) is 17.2. The number of aromatic nitrogens is 1. The van der Waals surface area contributed by atoms with Crippen LogP contribution in [0.15, 0.2) is 24.4 Å². The van der Waals surface area contributed by atoms with Gasteiger partial charge in [0.05, 0.1) is 6.54 Å². The highest BCUT2D eigenvalue weighted by atomic mass is 32.1. The maximum absolute atomic E-state index is 11.9. The smallest absolute Gasteiger partial charge is 0.251 e. The molecule has 18 heavy (non-hydrogen) atoms. The molecule has 0 unspecified atom stereocenters. The van der Waals surface area contributed by atoms with E-state index in [2.05, 4.69) is 10.3 Å². The Morgan fingerprint density at radius 1 is 1.44 bits per heavy atom. The zero-order chi connectivity index (χ0) is 13.1. The van der Waals surface area contributed by atoms with Gasteiger partial charge in [0.25, 0.3) is 5.91 Å². The zero-order valence-electron chi connectivity index (χ0n) is 10.2. The Bertz CT molecular complexity index is 578. The molecule has 4 nitrogen and oxygen atoms in total. The number of aromatic hydroxyl groups is 1. The van der Waals surface area contributed by atoms with E-state index in [1.165, 1.54) is 6.07 Å². The molecule has 0 aliphatic heterocycles. The van der Waals surface area contributed by atoms with E-state index in [4.69, 9.17) is 0 Å². The van der Waals surface area contributed by atoms with Crippen molar-refractivity contribution in [3.8, 4) is 5.75 Å². The molecule has 1 aromatic heterocycles. The van der Waals surface area contributed by atoms with Gasteiger partial charge in [-0.3, -0.25) is 4.79 Å². The van der Waals surface area contributed by atoms with E-state index in [1.54, 1.807) is 36.6 Å². The first-order chi connectivity index (χ1) is 8.56. The van der Waals surface area contributed by atoms with E-state index in [1.807, 2.05) is 6.92 Å². The average molecular weight is 262 g/mol. The highest BCUT2D eigenvalue weighted by Gasteiger charge is 2.08. The predicted molar refractivity (Wildman–Crippen MR) is 70.9 cm³/mol. The van der Waals surface area contributed by atoms with Gasteiger partial charge in [-0.1, -0.05) is 0 Å². The molecule has 2 N–H and O–H groups in total. The quantitative estimate of drug-likeness (QED) is 0.892. The van der Waals surface area contributed by atoms with E-state index in [-0.39, 0.29) is 11.7 Å². The number of hydrogen-bond donors (Lipinski definition) is 2. The predicted octanol–water partition coefficient (Wildman–Crippen LogP) is 2.40. The van der Waals surface area contributed by atoms with Crippen LogP contribution in [0.2, 0.25) is 0 Å². The highest BCUT2D eigenvalue weighted by Crippen LogP contribution is 2.17. The van der Waals surface area contributed by atoms with Gasteiger partial charge in [0, 0.05) is 16.6 Å². The van der Waals surface area contributed by atoms with Crippen molar-refractivity contribution < 1.29 is 9.90 Å². The number of hydrogen-bond acceptors (Lipinski definition) is 4. The number of benzene rings is 1. The number of carbonyl (C=O) groups is 1. The van der Waals surface area contributed by atoms with Crippen molar-refractivity contribution in [1.82, 2.24) is 10.3 Å². The number of nitrogens with zero attached hydrogens (tertiary/aromatic N) is 1. The summed E-state index contributed by atoms with van der Waals surface area (Å²) in [5, 5.41) is 13.1. The lowest BCUT2D eigenvalue weighted by Crippen LogP contribution is -2.22. The fourth-order valence-corrected chi connectivity index (χ4v) is 2.26. The monoisotopic (exact) mass is 262 g/mol. The number of phenolic OH excluding ortho intramolecular Hbond substituents is 1. The maximum atomic E-state index is 11.9. The van der Waals surface area contributed by atoms with Crippen LogP contribution in [0, 0.1) is 13.8 Å². The number of carbonyl (C=O) groups excluding carboxylic acids is 1.